The SMILES string of the molecule is COc1cc(Cl)cc(Cc2cnc(SC)nc2Cl)c1C(C)C. The molecule has 0 spiro atoms. The topological polar surface area (TPSA) is 35.0 Å². The number of thioether (sulfide) groups is 1. The van der Waals surface area contributed by atoms with Gasteiger partial charge in [-0.1, -0.05) is 48.8 Å². The summed E-state index contributed by atoms with van der Waals surface area (Å²) in [4.78, 5) is 8.58. The Hall–Kier alpha value is -0.970. The summed E-state index contributed by atoms with van der Waals surface area (Å²) in [7, 11) is 1.66. The van der Waals surface area contributed by atoms with E-state index in [1.54, 1.807) is 13.3 Å². The highest BCUT2D eigenvalue weighted by Gasteiger charge is 2.16. The van der Waals surface area contributed by atoms with Gasteiger partial charge < -0.3 is 4.74 Å². The van der Waals surface area contributed by atoms with Crippen molar-refractivity contribution in [3.63, 3.8) is 0 Å². The third-order valence-corrected chi connectivity index (χ3v) is 4.45. The molecule has 0 fully saturated rings. The number of rotatable bonds is 5. The van der Waals surface area contributed by atoms with Crippen molar-refractivity contribution in [1.82, 2.24) is 9.97 Å². The summed E-state index contributed by atoms with van der Waals surface area (Å²) in [5, 5.41) is 1.79. The second kappa shape index (κ2) is 7.53. The van der Waals surface area contributed by atoms with E-state index in [4.69, 9.17) is 27.9 Å². The molecule has 0 aliphatic heterocycles. The molecule has 6 heteroatoms. The molecule has 0 saturated heterocycles. The smallest absolute Gasteiger partial charge is 0.188 e. The first kappa shape index (κ1) is 17.4. The zero-order chi connectivity index (χ0) is 16.3. The molecule has 0 unspecified atom stereocenters. The van der Waals surface area contributed by atoms with Crippen molar-refractivity contribution in [2.45, 2.75) is 31.3 Å². The maximum atomic E-state index is 6.27. The highest BCUT2D eigenvalue weighted by molar-refractivity contribution is 7.98. The molecule has 0 N–H and O–H groups in total. The number of halogens is 2. The lowest BCUT2D eigenvalue weighted by Crippen LogP contribution is -2.03. The quantitative estimate of drug-likeness (QED) is 0.417. The van der Waals surface area contributed by atoms with Gasteiger partial charge in [0.2, 0.25) is 0 Å². The van der Waals surface area contributed by atoms with E-state index in [0.717, 1.165) is 22.4 Å². The van der Waals surface area contributed by atoms with Gasteiger partial charge in [-0.25, -0.2) is 9.97 Å². The molecule has 0 amide bonds. The highest BCUT2D eigenvalue weighted by atomic mass is 35.5. The molecule has 22 heavy (non-hydrogen) atoms. The Balaban J connectivity index is 2.46. The Morgan fingerprint density at radius 3 is 2.50 bits per heavy atom. The summed E-state index contributed by atoms with van der Waals surface area (Å²) in [5.74, 6) is 1.11. The lowest BCUT2D eigenvalue weighted by Gasteiger charge is -2.18. The van der Waals surface area contributed by atoms with Crippen LogP contribution in [0.2, 0.25) is 10.2 Å². The Bertz CT molecular complexity index is 677. The summed E-state index contributed by atoms with van der Waals surface area (Å²) < 4.78 is 5.48. The fourth-order valence-electron chi connectivity index (χ4n) is 2.41. The van der Waals surface area contributed by atoms with E-state index in [2.05, 4.69) is 23.8 Å². The van der Waals surface area contributed by atoms with Crippen molar-refractivity contribution in [2.24, 2.45) is 0 Å². The molecule has 1 heterocycles. The number of hydrogen-bond donors (Lipinski definition) is 0. The fourth-order valence-corrected chi connectivity index (χ4v) is 3.23. The fraction of sp³-hybridized carbons (Fsp3) is 0.375. The number of ether oxygens (including phenoxy) is 1. The molecule has 118 valence electrons. The van der Waals surface area contributed by atoms with Gasteiger partial charge in [-0.2, -0.15) is 0 Å². The van der Waals surface area contributed by atoms with Crippen LogP contribution in [0, 0.1) is 0 Å². The molecule has 2 aromatic rings. The molecule has 0 aliphatic carbocycles. The maximum absolute atomic E-state index is 6.27. The van der Waals surface area contributed by atoms with Crippen LogP contribution < -0.4 is 4.74 Å². The average Bonchev–Trinajstić information content (AvgIpc) is 2.48. The van der Waals surface area contributed by atoms with Crippen molar-refractivity contribution in [1.29, 1.82) is 0 Å². The van der Waals surface area contributed by atoms with Crippen LogP contribution in [0.15, 0.2) is 23.5 Å². The normalized spacial score (nSPS) is 11.0. The Morgan fingerprint density at radius 2 is 1.95 bits per heavy atom. The standard InChI is InChI=1S/C16H18Cl2N2OS/c1-9(2)14-10(6-12(17)7-13(14)21-3)5-11-8-19-16(22-4)20-15(11)18/h6-9H,5H2,1-4H3. The number of nitrogens with zero attached hydrogens (tertiary/aromatic N) is 2. The number of benzene rings is 1. The summed E-state index contributed by atoms with van der Waals surface area (Å²) in [6, 6.07) is 3.80. The monoisotopic (exact) mass is 356 g/mol. The molecule has 0 bridgehead atoms. The van der Waals surface area contributed by atoms with Crippen LogP contribution in [-0.2, 0) is 6.42 Å². The molecule has 0 atom stereocenters. The first-order valence-electron chi connectivity index (χ1n) is 6.88. The molecule has 1 aromatic carbocycles. The Labute approximate surface area is 145 Å². The van der Waals surface area contributed by atoms with Crippen molar-refractivity contribution >= 4 is 35.0 Å². The first-order valence-corrected chi connectivity index (χ1v) is 8.86. The van der Waals surface area contributed by atoms with E-state index in [1.165, 1.54) is 11.8 Å². The van der Waals surface area contributed by atoms with Crippen molar-refractivity contribution in [3.8, 4) is 5.75 Å². The number of methoxy groups -OCH3 is 1. The second-order valence-corrected chi connectivity index (χ2v) is 6.75. The van der Waals surface area contributed by atoms with Crippen LogP contribution >= 0.6 is 35.0 Å². The molecule has 0 aliphatic rings. The Kier molecular flexibility index (Phi) is 5.95. The highest BCUT2D eigenvalue weighted by Crippen LogP contribution is 2.35. The third-order valence-electron chi connectivity index (χ3n) is 3.34. The predicted molar refractivity (Wildman–Crippen MR) is 93.7 cm³/mol. The van der Waals surface area contributed by atoms with Crippen LogP contribution in [0.3, 0.4) is 0 Å². The lowest BCUT2D eigenvalue weighted by molar-refractivity contribution is 0.407. The number of aromatic nitrogens is 2. The van der Waals surface area contributed by atoms with Crippen LogP contribution in [0.5, 0.6) is 5.75 Å². The average molecular weight is 357 g/mol. The van der Waals surface area contributed by atoms with Crippen LogP contribution in [0.4, 0.5) is 0 Å². The van der Waals surface area contributed by atoms with Crippen molar-refractivity contribution < 1.29 is 4.74 Å². The number of hydrogen-bond acceptors (Lipinski definition) is 4. The van der Waals surface area contributed by atoms with Crippen LogP contribution in [-0.4, -0.2) is 23.3 Å². The van der Waals surface area contributed by atoms with Crippen molar-refractivity contribution in [3.05, 3.63) is 45.2 Å². The second-order valence-electron chi connectivity index (χ2n) is 5.19. The van der Waals surface area contributed by atoms with Crippen molar-refractivity contribution in [2.75, 3.05) is 13.4 Å². The minimum atomic E-state index is 0.312. The molecule has 0 radical (unpaired) electrons. The van der Waals surface area contributed by atoms with Crippen LogP contribution in [0.25, 0.3) is 0 Å². The van der Waals surface area contributed by atoms with E-state index in [0.29, 0.717) is 27.7 Å². The zero-order valence-corrected chi connectivity index (χ0v) is 15.3. The van der Waals surface area contributed by atoms with E-state index in [-0.39, 0.29) is 0 Å². The van der Waals surface area contributed by atoms with E-state index < -0.39 is 0 Å². The van der Waals surface area contributed by atoms with Gasteiger partial charge in [0.25, 0.3) is 0 Å². The summed E-state index contributed by atoms with van der Waals surface area (Å²) in [6.07, 6.45) is 4.32. The van der Waals surface area contributed by atoms with Gasteiger partial charge in [0, 0.05) is 28.8 Å². The van der Waals surface area contributed by atoms with E-state index in [1.807, 2.05) is 18.4 Å². The predicted octanol–water partition coefficient (Wildman–Crippen LogP) is 5.23. The first-order chi connectivity index (χ1) is 10.5. The Morgan fingerprint density at radius 1 is 1.23 bits per heavy atom. The summed E-state index contributed by atoms with van der Waals surface area (Å²) >= 11 is 14.0. The van der Waals surface area contributed by atoms with Gasteiger partial charge in [-0.15, -0.1) is 0 Å². The summed E-state index contributed by atoms with van der Waals surface area (Å²) in [5.41, 5.74) is 3.10. The zero-order valence-electron chi connectivity index (χ0n) is 13.0. The largest absolute Gasteiger partial charge is 0.496 e. The lowest BCUT2D eigenvalue weighted by atomic mass is 9.92. The van der Waals surface area contributed by atoms with Gasteiger partial charge in [0.1, 0.15) is 10.9 Å². The van der Waals surface area contributed by atoms with Gasteiger partial charge >= 0.3 is 0 Å². The minimum Gasteiger partial charge on any atom is -0.496 e. The van der Waals surface area contributed by atoms with E-state index >= 15 is 0 Å². The molecular weight excluding hydrogens is 339 g/mol. The maximum Gasteiger partial charge on any atom is 0.188 e. The van der Waals surface area contributed by atoms with Gasteiger partial charge in [0.15, 0.2) is 5.16 Å². The third kappa shape index (κ3) is 3.86. The minimum absolute atomic E-state index is 0.312. The summed E-state index contributed by atoms with van der Waals surface area (Å²) in [6.45, 7) is 4.26. The molecule has 0 saturated carbocycles. The molecule has 3 nitrogen and oxygen atoms in total. The molecule has 2 rings (SSSR count). The van der Waals surface area contributed by atoms with Crippen LogP contribution in [0.1, 0.15) is 36.5 Å². The van der Waals surface area contributed by atoms with Gasteiger partial charge in [0.05, 0.1) is 7.11 Å². The van der Waals surface area contributed by atoms with Gasteiger partial charge in [-0.3, -0.25) is 0 Å². The molecular formula is C16H18Cl2N2OS. The van der Waals surface area contributed by atoms with E-state index in [9.17, 15) is 0 Å². The molecule has 1 aromatic heterocycles. The van der Waals surface area contributed by atoms with Gasteiger partial charge in [-0.05, 0) is 29.9 Å².